The predicted molar refractivity (Wildman–Crippen MR) is 56.9 cm³/mol. The van der Waals surface area contributed by atoms with E-state index in [4.69, 9.17) is 15.6 Å². The van der Waals surface area contributed by atoms with Crippen molar-refractivity contribution in [3.63, 3.8) is 0 Å². The molecule has 0 aliphatic heterocycles. The van der Waals surface area contributed by atoms with Crippen LogP contribution in [0, 0.1) is 12.7 Å². The lowest BCUT2D eigenvalue weighted by Gasteiger charge is -2.14. The van der Waals surface area contributed by atoms with E-state index in [2.05, 4.69) is 0 Å². The van der Waals surface area contributed by atoms with Crippen molar-refractivity contribution in [2.75, 3.05) is 7.11 Å². The van der Waals surface area contributed by atoms with Crippen molar-refractivity contribution >= 4 is 5.97 Å². The summed E-state index contributed by atoms with van der Waals surface area (Å²) in [5, 5.41) is 8.63. The van der Waals surface area contributed by atoms with E-state index in [0.29, 0.717) is 11.1 Å². The van der Waals surface area contributed by atoms with Crippen LogP contribution in [-0.2, 0) is 4.79 Å². The lowest BCUT2D eigenvalue weighted by molar-refractivity contribution is -0.137. The first-order valence-corrected chi connectivity index (χ1v) is 4.77. The molecule has 3 N–H and O–H groups in total. The van der Waals surface area contributed by atoms with Gasteiger partial charge in [0.15, 0.2) is 11.6 Å². The number of benzene rings is 1. The smallest absolute Gasteiger partial charge is 0.305 e. The van der Waals surface area contributed by atoms with Gasteiger partial charge in [-0.2, -0.15) is 0 Å². The summed E-state index contributed by atoms with van der Waals surface area (Å²) >= 11 is 0. The number of carboxylic acids is 1. The SMILES string of the molecule is COc1cc(C(N)CC(=O)O)c(C)cc1F. The highest BCUT2D eigenvalue weighted by atomic mass is 19.1. The zero-order valence-corrected chi connectivity index (χ0v) is 9.16. The van der Waals surface area contributed by atoms with Crippen molar-refractivity contribution in [1.29, 1.82) is 0 Å². The van der Waals surface area contributed by atoms with Gasteiger partial charge >= 0.3 is 5.97 Å². The van der Waals surface area contributed by atoms with Crippen molar-refractivity contribution < 1.29 is 19.0 Å². The molecule has 1 unspecified atom stereocenters. The summed E-state index contributed by atoms with van der Waals surface area (Å²) < 4.78 is 18.1. The third kappa shape index (κ3) is 2.70. The van der Waals surface area contributed by atoms with Crippen molar-refractivity contribution in [3.8, 4) is 5.75 Å². The average molecular weight is 227 g/mol. The second-order valence-corrected chi connectivity index (χ2v) is 3.55. The van der Waals surface area contributed by atoms with Crippen LogP contribution in [0.5, 0.6) is 5.75 Å². The van der Waals surface area contributed by atoms with Gasteiger partial charge in [-0.3, -0.25) is 4.79 Å². The molecule has 88 valence electrons. The molecule has 1 rings (SSSR count). The molecule has 0 amide bonds. The highest BCUT2D eigenvalue weighted by Crippen LogP contribution is 2.26. The maximum atomic E-state index is 13.3. The molecule has 5 heteroatoms. The van der Waals surface area contributed by atoms with Crippen molar-refractivity contribution in [3.05, 3.63) is 29.1 Å². The van der Waals surface area contributed by atoms with E-state index >= 15 is 0 Å². The highest BCUT2D eigenvalue weighted by Gasteiger charge is 2.16. The minimum absolute atomic E-state index is 0.0708. The molecule has 1 atom stereocenters. The topological polar surface area (TPSA) is 72.5 Å². The first-order chi connectivity index (χ1) is 7.45. The number of nitrogens with two attached hydrogens (primary N) is 1. The zero-order valence-electron chi connectivity index (χ0n) is 9.16. The van der Waals surface area contributed by atoms with Gasteiger partial charge in [-0.25, -0.2) is 4.39 Å². The molecule has 0 bridgehead atoms. The van der Waals surface area contributed by atoms with E-state index in [1.54, 1.807) is 6.92 Å². The normalized spacial score (nSPS) is 12.2. The van der Waals surface area contributed by atoms with Gasteiger partial charge in [0.25, 0.3) is 0 Å². The number of rotatable bonds is 4. The van der Waals surface area contributed by atoms with Gasteiger partial charge in [0.2, 0.25) is 0 Å². The van der Waals surface area contributed by atoms with Gasteiger partial charge in [0, 0.05) is 6.04 Å². The van der Waals surface area contributed by atoms with Gasteiger partial charge in [-0.05, 0) is 30.2 Å². The van der Waals surface area contributed by atoms with Crippen LogP contribution in [0.1, 0.15) is 23.6 Å². The molecule has 0 aliphatic rings. The summed E-state index contributed by atoms with van der Waals surface area (Å²) in [5.41, 5.74) is 6.91. The molecule has 0 aromatic heterocycles. The number of aliphatic carboxylic acids is 1. The van der Waals surface area contributed by atoms with E-state index in [9.17, 15) is 9.18 Å². The Hall–Kier alpha value is -1.62. The van der Waals surface area contributed by atoms with Crippen LogP contribution in [0.2, 0.25) is 0 Å². The first-order valence-electron chi connectivity index (χ1n) is 4.77. The minimum Gasteiger partial charge on any atom is -0.494 e. The lowest BCUT2D eigenvalue weighted by Crippen LogP contribution is -2.16. The summed E-state index contributed by atoms with van der Waals surface area (Å²) in [4.78, 5) is 10.5. The summed E-state index contributed by atoms with van der Waals surface area (Å²) in [5.74, 6) is -1.40. The number of ether oxygens (including phenoxy) is 1. The Balaban J connectivity index is 3.08. The Bertz CT molecular complexity index is 406. The highest BCUT2D eigenvalue weighted by molar-refractivity contribution is 5.68. The number of halogens is 1. The molecule has 4 nitrogen and oxygen atoms in total. The number of carboxylic acid groups (broad SMARTS) is 1. The summed E-state index contributed by atoms with van der Waals surface area (Å²) in [6.45, 7) is 1.68. The zero-order chi connectivity index (χ0) is 12.3. The van der Waals surface area contributed by atoms with Crippen LogP contribution >= 0.6 is 0 Å². The third-order valence-corrected chi connectivity index (χ3v) is 2.33. The van der Waals surface area contributed by atoms with E-state index in [0.717, 1.165) is 0 Å². The number of hydrogen-bond donors (Lipinski definition) is 2. The predicted octanol–water partition coefficient (Wildman–Crippen LogP) is 1.62. The van der Waals surface area contributed by atoms with Crippen LogP contribution in [0.25, 0.3) is 0 Å². The maximum Gasteiger partial charge on any atom is 0.305 e. The molecule has 1 aromatic carbocycles. The van der Waals surface area contributed by atoms with Gasteiger partial charge in [0.05, 0.1) is 13.5 Å². The van der Waals surface area contributed by atoms with Crippen LogP contribution in [0.15, 0.2) is 12.1 Å². The fourth-order valence-corrected chi connectivity index (χ4v) is 1.52. The largest absolute Gasteiger partial charge is 0.494 e. The second-order valence-electron chi connectivity index (χ2n) is 3.55. The molecule has 1 aromatic rings. The maximum absolute atomic E-state index is 13.3. The molecular formula is C11H14FNO3. The molecule has 0 saturated heterocycles. The van der Waals surface area contributed by atoms with E-state index in [1.807, 2.05) is 0 Å². The Kier molecular flexibility index (Phi) is 3.84. The Morgan fingerprint density at radius 3 is 2.75 bits per heavy atom. The first kappa shape index (κ1) is 12.4. The Morgan fingerprint density at radius 2 is 2.25 bits per heavy atom. The molecule has 0 heterocycles. The number of hydrogen-bond acceptors (Lipinski definition) is 3. The Labute approximate surface area is 92.8 Å². The molecule has 0 aliphatic carbocycles. The summed E-state index contributed by atoms with van der Waals surface area (Å²) in [6.07, 6.45) is -0.199. The molecule has 0 spiro atoms. The molecular weight excluding hydrogens is 213 g/mol. The number of methoxy groups -OCH3 is 1. The summed E-state index contributed by atoms with van der Waals surface area (Å²) in [6, 6.07) is 2.07. The number of aryl methyl sites for hydroxylation is 1. The van der Waals surface area contributed by atoms with E-state index in [1.165, 1.54) is 19.2 Å². The van der Waals surface area contributed by atoms with Gasteiger partial charge in [0.1, 0.15) is 0 Å². The van der Waals surface area contributed by atoms with E-state index < -0.39 is 17.8 Å². The van der Waals surface area contributed by atoms with Crippen LogP contribution in [0.3, 0.4) is 0 Å². The standard InChI is InChI=1S/C11H14FNO3/c1-6-3-8(12)10(16-2)4-7(6)9(13)5-11(14)15/h3-4,9H,5,13H2,1-2H3,(H,14,15). The lowest BCUT2D eigenvalue weighted by atomic mass is 9.99. The fourth-order valence-electron chi connectivity index (χ4n) is 1.52. The average Bonchev–Trinajstić information content (AvgIpc) is 2.16. The fraction of sp³-hybridized carbons (Fsp3) is 0.364. The van der Waals surface area contributed by atoms with Crippen molar-refractivity contribution in [2.24, 2.45) is 5.73 Å². The Morgan fingerprint density at radius 1 is 1.62 bits per heavy atom. The molecule has 0 radical (unpaired) electrons. The van der Waals surface area contributed by atoms with Crippen LogP contribution in [-0.4, -0.2) is 18.2 Å². The molecule has 0 fully saturated rings. The summed E-state index contributed by atoms with van der Waals surface area (Å²) in [7, 11) is 1.35. The van der Waals surface area contributed by atoms with E-state index in [-0.39, 0.29) is 12.2 Å². The minimum atomic E-state index is -0.991. The third-order valence-electron chi connectivity index (χ3n) is 2.33. The van der Waals surface area contributed by atoms with Crippen molar-refractivity contribution in [1.82, 2.24) is 0 Å². The number of carbonyl (C=O) groups is 1. The van der Waals surface area contributed by atoms with Gasteiger partial charge in [-0.15, -0.1) is 0 Å². The van der Waals surface area contributed by atoms with Crippen LogP contribution in [0.4, 0.5) is 4.39 Å². The quantitative estimate of drug-likeness (QED) is 0.819. The second kappa shape index (κ2) is 4.94. The molecule has 16 heavy (non-hydrogen) atoms. The van der Waals surface area contributed by atoms with Crippen molar-refractivity contribution in [2.45, 2.75) is 19.4 Å². The monoisotopic (exact) mass is 227 g/mol. The van der Waals surface area contributed by atoms with Gasteiger partial charge in [-0.1, -0.05) is 0 Å². The molecule has 0 saturated carbocycles. The van der Waals surface area contributed by atoms with Gasteiger partial charge < -0.3 is 15.6 Å². The van der Waals surface area contributed by atoms with Crippen LogP contribution < -0.4 is 10.5 Å².